The summed E-state index contributed by atoms with van der Waals surface area (Å²) in [5, 5.41) is 6.20. The number of nitrogens with one attached hydrogen (secondary N) is 2. The molecular weight excluding hydrogens is 271 g/mol. The Hall–Kier alpha value is -2.11. The van der Waals surface area contributed by atoms with E-state index >= 15 is 0 Å². The lowest BCUT2D eigenvalue weighted by Crippen LogP contribution is -2.38. The topological polar surface area (TPSA) is 56.7 Å². The van der Waals surface area contributed by atoms with Gasteiger partial charge in [-0.2, -0.15) is 0 Å². The third-order valence-electron chi connectivity index (χ3n) is 3.04. The maximum atomic E-state index is 13.2. The van der Waals surface area contributed by atoms with Gasteiger partial charge >= 0.3 is 0 Å². The second-order valence-corrected chi connectivity index (χ2v) is 4.97. The Balaban J connectivity index is 2.41. The van der Waals surface area contributed by atoms with Crippen molar-refractivity contribution in [3.8, 4) is 0 Å². The van der Waals surface area contributed by atoms with E-state index in [1.165, 1.54) is 6.07 Å². The van der Waals surface area contributed by atoms with Crippen molar-refractivity contribution in [2.75, 3.05) is 27.7 Å². The summed E-state index contributed by atoms with van der Waals surface area (Å²) in [6.07, 6.45) is 0.406. The molecule has 0 radical (unpaired) electrons. The molecule has 116 valence electrons. The van der Waals surface area contributed by atoms with Crippen LogP contribution >= 0.6 is 0 Å². The molecule has 1 rings (SSSR count). The number of hydrogen-bond acceptors (Lipinski definition) is 2. The molecule has 0 atom stereocenters. The fourth-order valence-electron chi connectivity index (χ4n) is 1.73. The molecule has 0 aliphatic carbocycles. The Morgan fingerprint density at radius 1 is 1.33 bits per heavy atom. The molecule has 5 nitrogen and oxygen atoms in total. The first-order valence-electron chi connectivity index (χ1n) is 6.83. The lowest BCUT2D eigenvalue weighted by Gasteiger charge is -2.14. The number of halogens is 1. The lowest BCUT2D eigenvalue weighted by molar-refractivity contribution is -0.128. The van der Waals surface area contributed by atoms with Crippen molar-refractivity contribution in [3.63, 3.8) is 0 Å². The summed E-state index contributed by atoms with van der Waals surface area (Å²) in [5.41, 5.74) is 1.59. The van der Waals surface area contributed by atoms with Gasteiger partial charge in [-0.05, 0) is 24.1 Å². The number of carbonyl (C=O) groups is 1. The minimum Gasteiger partial charge on any atom is -0.356 e. The van der Waals surface area contributed by atoms with E-state index in [1.54, 1.807) is 45.1 Å². The highest BCUT2D eigenvalue weighted by Gasteiger charge is 2.05. The Labute approximate surface area is 125 Å². The van der Waals surface area contributed by atoms with Crippen LogP contribution in [-0.2, 0) is 11.3 Å². The molecule has 6 heteroatoms. The standard InChI is InChI=1S/C15H23FN4O/c1-11-9-12(5-6-13(11)16)10-19-15(17-2)18-8-7-14(21)20(3)4/h5-6,9H,7-8,10H2,1-4H3,(H2,17,18,19). The average Bonchev–Trinajstić information content (AvgIpc) is 2.45. The Morgan fingerprint density at radius 3 is 2.62 bits per heavy atom. The van der Waals surface area contributed by atoms with Gasteiger partial charge in [0.25, 0.3) is 0 Å². The fraction of sp³-hybridized carbons (Fsp3) is 0.467. The van der Waals surface area contributed by atoms with Crippen LogP contribution in [0.15, 0.2) is 23.2 Å². The molecule has 0 spiro atoms. The van der Waals surface area contributed by atoms with Crippen LogP contribution in [0.25, 0.3) is 0 Å². The van der Waals surface area contributed by atoms with E-state index in [1.807, 2.05) is 0 Å². The third-order valence-corrected chi connectivity index (χ3v) is 3.04. The summed E-state index contributed by atoms with van der Waals surface area (Å²) in [6, 6.07) is 4.99. The number of amides is 1. The van der Waals surface area contributed by atoms with Gasteiger partial charge in [-0.15, -0.1) is 0 Å². The van der Waals surface area contributed by atoms with Crippen molar-refractivity contribution in [2.24, 2.45) is 4.99 Å². The predicted molar refractivity (Wildman–Crippen MR) is 82.6 cm³/mol. The molecule has 0 aliphatic rings. The first-order chi connectivity index (χ1) is 9.93. The third kappa shape index (κ3) is 5.81. The molecular formula is C15H23FN4O. The molecule has 1 aromatic carbocycles. The SMILES string of the molecule is CN=C(NCCC(=O)N(C)C)NCc1ccc(F)c(C)c1. The number of rotatable bonds is 5. The maximum Gasteiger partial charge on any atom is 0.223 e. The van der Waals surface area contributed by atoms with Crippen LogP contribution in [0.2, 0.25) is 0 Å². The number of nitrogens with zero attached hydrogens (tertiary/aromatic N) is 2. The first kappa shape index (κ1) is 16.9. The molecule has 0 aliphatic heterocycles. The zero-order valence-corrected chi connectivity index (χ0v) is 13.0. The van der Waals surface area contributed by atoms with E-state index in [9.17, 15) is 9.18 Å². The average molecular weight is 294 g/mol. The summed E-state index contributed by atoms with van der Waals surface area (Å²) in [4.78, 5) is 17.1. The molecule has 1 aromatic rings. The molecule has 0 aromatic heterocycles. The monoisotopic (exact) mass is 294 g/mol. The number of aryl methyl sites for hydroxylation is 1. The number of aliphatic imine (C=N–C) groups is 1. The highest BCUT2D eigenvalue weighted by Crippen LogP contribution is 2.08. The van der Waals surface area contributed by atoms with Gasteiger partial charge in [0.15, 0.2) is 5.96 Å². The van der Waals surface area contributed by atoms with E-state index in [-0.39, 0.29) is 11.7 Å². The molecule has 2 N–H and O–H groups in total. The highest BCUT2D eigenvalue weighted by atomic mass is 19.1. The van der Waals surface area contributed by atoms with Gasteiger partial charge in [0.2, 0.25) is 5.91 Å². The molecule has 0 saturated heterocycles. The van der Waals surface area contributed by atoms with Crippen LogP contribution in [0.4, 0.5) is 4.39 Å². The summed E-state index contributed by atoms with van der Waals surface area (Å²) in [6.45, 7) is 2.79. The second kappa shape index (κ2) is 8.24. The summed E-state index contributed by atoms with van der Waals surface area (Å²) in [5.74, 6) is 0.471. The Morgan fingerprint density at radius 2 is 2.05 bits per heavy atom. The number of hydrogen-bond donors (Lipinski definition) is 2. The predicted octanol–water partition coefficient (Wildman–Crippen LogP) is 1.28. The molecule has 21 heavy (non-hydrogen) atoms. The van der Waals surface area contributed by atoms with Gasteiger partial charge < -0.3 is 15.5 Å². The van der Waals surface area contributed by atoms with Gasteiger partial charge in [0.05, 0.1) is 0 Å². The minimum atomic E-state index is -0.205. The van der Waals surface area contributed by atoms with Gasteiger partial charge in [0.1, 0.15) is 5.82 Å². The van der Waals surface area contributed by atoms with E-state index in [2.05, 4.69) is 15.6 Å². The molecule has 0 unspecified atom stereocenters. The summed E-state index contributed by atoms with van der Waals surface area (Å²) >= 11 is 0. The lowest BCUT2D eigenvalue weighted by atomic mass is 10.1. The van der Waals surface area contributed by atoms with Gasteiger partial charge in [-0.25, -0.2) is 4.39 Å². The van der Waals surface area contributed by atoms with Crippen molar-refractivity contribution in [1.29, 1.82) is 0 Å². The van der Waals surface area contributed by atoms with E-state index in [0.717, 1.165) is 5.56 Å². The molecule has 1 amide bonds. The zero-order valence-electron chi connectivity index (χ0n) is 13.0. The number of guanidine groups is 1. The van der Waals surface area contributed by atoms with Crippen molar-refractivity contribution in [3.05, 3.63) is 35.1 Å². The second-order valence-electron chi connectivity index (χ2n) is 4.97. The van der Waals surface area contributed by atoms with Gasteiger partial charge in [-0.3, -0.25) is 9.79 Å². The van der Waals surface area contributed by atoms with Crippen molar-refractivity contribution in [2.45, 2.75) is 19.9 Å². The van der Waals surface area contributed by atoms with E-state index < -0.39 is 0 Å². The Bertz CT molecular complexity index is 514. The summed E-state index contributed by atoms with van der Waals surface area (Å²) < 4.78 is 13.2. The molecule has 0 heterocycles. The summed E-state index contributed by atoms with van der Waals surface area (Å²) in [7, 11) is 5.12. The molecule has 0 fully saturated rings. The van der Waals surface area contributed by atoms with E-state index in [4.69, 9.17) is 0 Å². The number of carbonyl (C=O) groups excluding carboxylic acids is 1. The Kier molecular flexibility index (Phi) is 6.65. The van der Waals surface area contributed by atoms with Crippen molar-refractivity contribution < 1.29 is 9.18 Å². The smallest absolute Gasteiger partial charge is 0.223 e. The minimum absolute atomic E-state index is 0.0621. The van der Waals surface area contributed by atoms with Crippen LogP contribution < -0.4 is 10.6 Å². The van der Waals surface area contributed by atoms with Gasteiger partial charge in [0, 0.05) is 40.7 Å². The molecule has 0 bridgehead atoms. The highest BCUT2D eigenvalue weighted by molar-refractivity contribution is 5.81. The van der Waals surface area contributed by atoms with Crippen molar-refractivity contribution in [1.82, 2.24) is 15.5 Å². The first-order valence-corrected chi connectivity index (χ1v) is 6.83. The van der Waals surface area contributed by atoms with Crippen molar-refractivity contribution >= 4 is 11.9 Å². The van der Waals surface area contributed by atoms with Crippen LogP contribution in [0, 0.1) is 12.7 Å². The normalized spacial score (nSPS) is 11.2. The van der Waals surface area contributed by atoms with E-state index in [0.29, 0.717) is 31.0 Å². The molecule has 0 saturated carbocycles. The van der Waals surface area contributed by atoms with Crippen LogP contribution in [-0.4, -0.2) is 44.5 Å². The zero-order chi connectivity index (χ0) is 15.8. The fourth-order valence-corrected chi connectivity index (χ4v) is 1.73. The quantitative estimate of drug-likeness (QED) is 0.635. The number of benzene rings is 1. The van der Waals surface area contributed by atoms with Crippen LogP contribution in [0.5, 0.6) is 0 Å². The van der Waals surface area contributed by atoms with Crippen LogP contribution in [0.3, 0.4) is 0 Å². The van der Waals surface area contributed by atoms with Gasteiger partial charge in [-0.1, -0.05) is 12.1 Å². The maximum absolute atomic E-state index is 13.2. The van der Waals surface area contributed by atoms with Crippen LogP contribution in [0.1, 0.15) is 17.5 Å². The largest absolute Gasteiger partial charge is 0.356 e.